The van der Waals surface area contributed by atoms with E-state index in [0.29, 0.717) is 0 Å². The van der Waals surface area contributed by atoms with Crippen LogP contribution >= 0.6 is 0 Å². The second-order valence-electron chi connectivity index (χ2n) is 5.52. The summed E-state index contributed by atoms with van der Waals surface area (Å²) in [5, 5.41) is 0. The van der Waals surface area contributed by atoms with E-state index in [4.69, 9.17) is 5.73 Å². The molecule has 0 radical (unpaired) electrons. The predicted molar refractivity (Wildman–Crippen MR) is 61.5 cm³/mol. The first-order valence-corrected chi connectivity index (χ1v) is 5.70. The second kappa shape index (κ2) is 3.34. The molecule has 0 aromatic carbocycles. The number of aryl methyl sites for hydroxylation is 1. The lowest BCUT2D eigenvalue weighted by atomic mass is 9.73. The highest BCUT2D eigenvalue weighted by Gasteiger charge is 2.46. The molecular formula is C12H21N3. The third-order valence-electron chi connectivity index (χ3n) is 4.17. The maximum atomic E-state index is 6.54. The van der Waals surface area contributed by atoms with Gasteiger partial charge in [0.05, 0.1) is 0 Å². The number of nitrogens with zero attached hydrogens (tertiary/aromatic N) is 2. The van der Waals surface area contributed by atoms with E-state index >= 15 is 0 Å². The highest BCUT2D eigenvalue weighted by molar-refractivity contribution is 5.09. The van der Waals surface area contributed by atoms with E-state index in [1.807, 2.05) is 19.4 Å². The van der Waals surface area contributed by atoms with Crippen LogP contribution in [0.1, 0.15) is 38.9 Å². The van der Waals surface area contributed by atoms with Crippen molar-refractivity contribution in [2.45, 2.75) is 45.1 Å². The molecule has 84 valence electrons. The minimum absolute atomic E-state index is 0.0773. The number of hydrogen-bond acceptors (Lipinski definition) is 2. The van der Waals surface area contributed by atoms with Gasteiger partial charge in [-0.15, -0.1) is 0 Å². The molecule has 15 heavy (non-hydrogen) atoms. The van der Waals surface area contributed by atoms with Gasteiger partial charge in [0.2, 0.25) is 0 Å². The van der Waals surface area contributed by atoms with Crippen molar-refractivity contribution in [3.63, 3.8) is 0 Å². The minimum Gasteiger partial charge on any atom is -0.338 e. The van der Waals surface area contributed by atoms with Gasteiger partial charge in [-0.2, -0.15) is 0 Å². The van der Waals surface area contributed by atoms with Crippen molar-refractivity contribution < 1.29 is 0 Å². The van der Waals surface area contributed by atoms with Crippen LogP contribution in [0.5, 0.6) is 0 Å². The average Bonchev–Trinajstić information content (AvgIpc) is 2.61. The molecule has 1 heterocycles. The minimum atomic E-state index is -0.0773. The van der Waals surface area contributed by atoms with Crippen molar-refractivity contribution in [1.82, 2.24) is 9.55 Å². The summed E-state index contributed by atoms with van der Waals surface area (Å²) in [6.45, 7) is 4.56. The molecule has 1 aromatic rings. The monoisotopic (exact) mass is 207 g/mol. The van der Waals surface area contributed by atoms with E-state index in [9.17, 15) is 0 Å². The Bertz CT molecular complexity index is 354. The van der Waals surface area contributed by atoms with Crippen LogP contribution in [0.3, 0.4) is 0 Å². The molecule has 1 aliphatic rings. The summed E-state index contributed by atoms with van der Waals surface area (Å²) in [5.74, 6) is 1.10. The van der Waals surface area contributed by atoms with Crippen molar-refractivity contribution in [1.29, 1.82) is 0 Å². The molecular weight excluding hydrogens is 186 g/mol. The fraction of sp³-hybridized carbons (Fsp3) is 0.750. The van der Waals surface area contributed by atoms with Crippen molar-refractivity contribution in [2.24, 2.45) is 18.2 Å². The Morgan fingerprint density at radius 3 is 2.67 bits per heavy atom. The molecule has 2 N–H and O–H groups in total. The number of nitrogens with two attached hydrogens (primary N) is 1. The Morgan fingerprint density at radius 1 is 1.47 bits per heavy atom. The fourth-order valence-electron chi connectivity index (χ4n) is 2.61. The van der Waals surface area contributed by atoms with Crippen LogP contribution < -0.4 is 5.73 Å². The second-order valence-corrected chi connectivity index (χ2v) is 5.52. The molecule has 3 nitrogen and oxygen atoms in total. The maximum Gasteiger partial charge on any atom is 0.110 e. The Kier molecular flexibility index (Phi) is 2.38. The Balaban J connectivity index is 2.21. The quantitative estimate of drug-likeness (QED) is 0.804. The van der Waals surface area contributed by atoms with Gasteiger partial charge in [0, 0.05) is 31.4 Å². The van der Waals surface area contributed by atoms with Gasteiger partial charge in [0.25, 0.3) is 0 Å². The molecule has 1 atom stereocenters. The van der Waals surface area contributed by atoms with Crippen molar-refractivity contribution in [2.75, 3.05) is 0 Å². The van der Waals surface area contributed by atoms with Crippen LogP contribution in [0.2, 0.25) is 0 Å². The fourth-order valence-corrected chi connectivity index (χ4v) is 2.61. The number of hydrogen-bond donors (Lipinski definition) is 1. The number of aromatic nitrogens is 2. The molecule has 1 fully saturated rings. The lowest BCUT2D eigenvalue weighted by molar-refractivity contribution is 0.203. The lowest BCUT2D eigenvalue weighted by Gasteiger charge is -2.38. The van der Waals surface area contributed by atoms with Gasteiger partial charge in [-0.25, -0.2) is 4.98 Å². The lowest BCUT2D eigenvalue weighted by Crippen LogP contribution is -2.51. The van der Waals surface area contributed by atoms with Gasteiger partial charge in [0.15, 0.2) is 0 Å². The molecule has 0 bridgehead atoms. The molecule has 1 aromatic heterocycles. The predicted octanol–water partition coefficient (Wildman–Crippen LogP) is 1.87. The van der Waals surface area contributed by atoms with Crippen LogP contribution in [-0.2, 0) is 13.5 Å². The molecule has 0 spiro atoms. The normalized spacial score (nSPS) is 29.6. The molecule has 1 aliphatic carbocycles. The third-order valence-corrected chi connectivity index (χ3v) is 4.17. The molecule has 3 heteroatoms. The number of imidazole rings is 1. The zero-order chi connectivity index (χ0) is 11.1. The van der Waals surface area contributed by atoms with Crippen LogP contribution in [0.4, 0.5) is 0 Å². The summed E-state index contributed by atoms with van der Waals surface area (Å²) in [6.07, 6.45) is 8.32. The molecule has 0 aliphatic heterocycles. The largest absolute Gasteiger partial charge is 0.338 e. The average molecular weight is 207 g/mol. The van der Waals surface area contributed by atoms with Crippen LogP contribution in [0, 0.1) is 5.41 Å². The van der Waals surface area contributed by atoms with E-state index in [0.717, 1.165) is 18.7 Å². The first-order chi connectivity index (χ1) is 6.95. The summed E-state index contributed by atoms with van der Waals surface area (Å²) < 4.78 is 2.07. The van der Waals surface area contributed by atoms with E-state index in [-0.39, 0.29) is 11.0 Å². The van der Waals surface area contributed by atoms with Crippen molar-refractivity contribution in [3.05, 3.63) is 18.2 Å². The highest BCUT2D eigenvalue weighted by atomic mass is 15.0. The SMILES string of the molecule is Cn1ccnc1CC1(N)CCCC1(C)C. The summed E-state index contributed by atoms with van der Waals surface area (Å²) in [5.41, 5.74) is 6.70. The van der Waals surface area contributed by atoms with Crippen molar-refractivity contribution in [3.8, 4) is 0 Å². The van der Waals surface area contributed by atoms with Gasteiger partial charge in [-0.1, -0.05) is 20.3 Å². The van der Waals surface area contributed by atoms with Gasteiger partial charge < -0.3 is 10.3 Å². The molecule has 2 rings (SSSR count). The standard InChI is InChI=1S/C12H21N3/c1-11(2)5-4-6-12(11,13)9-10-14-7-8-15(10)3/h7-8H,4-6,9,13H2,1-3H3. The Hall–Kier alpha value is -0.830. The molecule has 1 unspecified atom stereocenters. The Labute approximate surface area is 91.7 Å². The van der Waals surface area contributed by atoms with E-state index in [2.05, 4.69) is 23.4 Å². The van der Waals surface area contributed by atoms with Crippen LogP contribution in [0.25, 0.3) is 0 Å². The zero-order valence-corrected chi connectivity index (χ0v) is 9.95. The number of rotatable bonds is 2. The van der Waals surface area contributed by atoms with E-state index < -0.39 is 0 Å². The van der Waals surface area contributed by atoms with Gasteiger partial charge in [-0.05, 0) is 18.3 Å². The third kappa shape index (κ3) is 1.69. The summed E-state index contributed by atoms with van der Waals surface area (Å²) in [7, 11) is 2.04. The molecule has 0 saturated heterocycles. The first kappa shape index (κ1) is 10.7. The highest BCUT2D eigenvalue weighted by Crippen LogP contribution is 2.45. The maximum absolute atomic E-state index is 6.54. The summed E-state index contributed by atoms with van der Waals surface area (Å²) >= 11 is 0. The topological polar surface area (TPSA) is 43.8 Å². The van der Waals surface area contributed by atoms with Gasteiger partial charge in [-0.3, -0.25) is 0 Å². The van der Waals surface area contributed by atoms with Crippen molar-refractivity contribution >= 4 is 0 Å². The summed E-state index contributed by atoms with van der Waals surface area (Å²) in [4.78, 5) is 4.37. The zero-order valence-electron chi connectivity index (χ0n) is 9.95. The van der Waals surface area contributed by atoms with Crippen LogP contribution in [-0.4, -0.2) is 15.1 Å². The molecule has 1 saturated carbocycles. The van der Waals surface area contributed by atoms with Crippen LogP contribution in [0.15, 0.2) is 12.4 Å². The summed E-state index contributed by atoms with van der Waals surface area (Å²) in [6, 6.07) is 0. The molecule has 0 amide bonds. The van der Waals surface area contributed by atoms with E-state index in [1.165, 1.54) is 12.8 Å². The van der Waals surface area contributed by atoms with E-state index in [1.54, 1.807) is 0 Å². The first-order valence-electron chi connectivity index (χ1n) is 5.70. The Morgan fingerprint density at radius 2 is 2.20 bits per heavy atom. The van der Waals surface area contributed by atoms with Gasteiger partial charge in [0.1, 0.15) is 5.82 Å². The van der Waals surface area contributed by atoms with Gasteiger partial charge >= 0.3 is 0 Å². The smallest absolute Gasteiger partial charge is 0.110 e.